The van der Waals surface area contributed by atoms with E-state index in [1.54, 1.807) is 32.0 Å². The minimum Gasteiger partial charge on any atom is -0.399 e. The maximum atomic E-state index is 13.6. The molecule has 0 amide bonds. The molecule has 0 aliphatic heterocycles. The molecule has 0 radical (unpaired) electrons. The van der Waals surface area contributed by atoms with Crippen LogP contribution in [0.5, 0.6) is 0 Å². The van der Waals surface area contributed by atoms with E-state index in [0.29, 0.717) is 33.6 Å². The lowest BCUT2D eigenvalue weighted by Gasteiger charge is -2.07. The van der Waals surface area contributed by atoms with E-state index in [1.165, 1.54) is 12.1 Å². The maximum absolute atomic E-state index is 13.6. The Kier molecular flexibility index (Phi) is 3.25. The fourth-order valence-electron chi connectivity index (χ4n) is 2.05. The van der Waals surface area contributed by atoms with E-state index >= 15 is 0 Å². The molecule has 0 atom stereocenters. The number of nitrogens with two attached hydrogens (primary N) is 2. The molecular weight excluding hydrogens is 243 g/mol. The third-order valence-electron chi connectivity index (χ3n) is 2.94. The zero-order valence-electron chi connectivity index (χ0n) is 10.8. The van der Waals surface area contributed by atoms with E-state index in [2.05, 4.69) is 0 Å². The molecule has 2 aromatic carbocycles. The Morgan fingerprint density at radius 2 is 1.32 bits per heavy atom. The molecule has 0 fully saturated rings. The molecule has 0 saturated carbocycles. The van der Waals surface area contributed by atoms with Crippen molar-refractivity contribution in [2.24, 2.45) is 0 Å². The largest absolute Gasteiger partial charge is 0.399 e. The summed E-state index contributed by atoms with van der Waals surface area (Å²) in [4.78, 5) is 12.3. The van der Waals surface area contributed by atoms with Gasteiger partial charge in [-0.2, -0.15) is 0 Å². The SMILES string of the molecule is Cc1cc(C(=O)c2cc(N)cc(N)c2)cc(C)c1F. The van der Waals surface area contributed by atoms with Gasteiger partial charge in [0.25, 0.3) is 0 Å². The van der Waals surface area contributed by atoms with Crippen LogP contribution in [0.4, 0.5) is 15.8 Å². The Morgan fingerprint density at radius 1 is 0.895 bits per heavy atom. The number of anilines is 2. The first kappa shape index (κ1) is 13.1. The van der Waals surface area contributed by atoms with Gasteiger partial charge in [-0.05, 0) is 55.3 Å². The average Bonchev–Trinajstić information content (AvgIpc) is 2.33. The molecule has 19 heavy (non-hydrogen) atoms. The fraction of sp³-hybridized carbons (Fsp3) is 0.133. The van der Waals surface area contributed by atoms with Crippen molar-refractivity contribution in [3.8, 4) is 0 Å². The first-order chi connectivity index (χ1) is 8.88. The highest BCUT2D eigenvalue weighted by atomic mass is 19.1. The highest BCUT2D eigenvalue weighted by Crippen LogP contribution is 2.20. The van der Waals surface area contributed by atoms with Gasteiger partial charge in [-0.3, -0.25) is 4.79 Å². The molecule has 4 N–H and O–H groups in total. The summed E-state index contributed by atoms with van der Waals surface area (Å²) in [6, 6.07) is 7.77. The number of hydrogen-bond donors (Lipinski definition) is 2. The molecule has 2 rings (SSSR count). The molecule has 0 unspecified atom stereocenters. The number of carbonyl (C=O) groups is 1. The van der Waals surface area contributed by atoms with Gasteiger partial charge in [-0.25, -0.2) is 4.39 Å². The third kappa shape index (κ3) is 2.57. The van der Waals surface area contributed by atoms with Gasteiger partial charge in [0.15, 0.2) is 5.78 Å². The van der Waals surface area contributed by atoms with Crippen LogP contribution in [0.15, 0.2) is 30.3 Å². The number of ketones is 1. The van der Waals surface area contributed by atoms with Crippen LogP contribution in [0.1, 0.15) is 27.0 Å². The van der Waals surface area contributed by atoms with Crippen LogP contribution in [0.3, 0.4) is 0 Å². The van der Waals surface area contributed by atoms with Gasteiger partial charge < -0.3 is 11.5 Å². The van der Waals surface area contributed by atoms with E-state index in [9.17, 15) is 9.18 Å². The van der Waals surface area contributed by atoms with Gasteiger partial charge >= 0.3 is 0 Å². The maximum Gasteiger partial charge on any atom is 0.193 e. The van der Waals surface area contributed by atoms with Crippen LogP contribution in [0.2, 0.25) is 0 Å². The summed E-state index contributed by atoms with van der Waals surface area (Å²) < 4.78 is 13.6. The Bertz CT molecular complexity index is 622. The Labute approximate surface area is 111 Å². The van der Waals surface area contributed by atoms with Crippen molar-refractivity contribution in [1.82, 2.24) is 0 Å². The third-order valence-corrected chi connectivity index (χ3v) is 2.94. The summed E-state index contributed by atoms with van der Waals surface area (Å²) >= 11 is 0. The summed E-state index contributed by atoms with van der Waals surface area (Å²) in [5, 5.41) is 0. The van der Waals surface area contributed by atoms with Crippen molar-refractivity contribution in [2.75, 3.05) is 11.5 Å². The lowest BCUT2D eigenvalue weighted by atomic mass is 9.98. The second kappa shape index (κ2) is 4.72. The van der Waals surface area contributed by atoms with Crippen molar-refractivity contribution in [3.63, 3.8) is 0 Å². The van der Waals surface area contributed by atoms with Crippen LogP contribution in [-0.2, 0) is 0 Å². The van der Waals surface area contributed by atoms with Crippen molar-refractivity contribution in [2.45, 2.75) is 13.8 Å². The molecule has 0 bridgehead atoms. The van der Waals surface area contributed by atoms with E-state index in [4.69, 9.17) is 11.5 Å². The number of hydrogen-bond acceptors (Lipinski definition) is 3. The average molecular weight is 258 g/mol. The Hall–Kier alpha value is -2.36. The van der Waals surface area contributed by atoms with Crippen molar-refractivity contribution in [1.29, 1.82) is 0 Å². The highest BCUT2D eigenvalue weighted by Gasteiger charge is 2.13. The van der Waals surface area contributed by atoms with E-state index in [-0.39, 0.29) is 11.6 Å². The summed E-state index contributed by atoms with van der Waals surface area (Å²) in [7, 11) is 0. The molecule has 2 aromatic rings. The normalized spacial score (nSPS) is 10.5. The summed E-state index contributed by atoms with van der Waals surface area (Å²) in [6.07, 6.45) is 0. The van der Waals surface area contributed by atoms with Gasteiger partial charge in [-0.1, -0.05) is 0 Å². The number of nitrogen functional groups attached to an aromatic ring is 2. The predicted molar refractivity (Wildman–Crippen MR) is 74.6 cm³/mol. The highest BCUT2D eigenvalue weighted by molar-refractivity contribution is 6.10. The molecule has 0 aliphatic rings. The molecule has 0 spiro atoms. The molecule has 0 heterocycles. The number of benzene rings is 2. The van der Waals surface area contributed by atoms with E-state index < -0.39 is 0 Å². The minimum atomic E-state index is -0.288. The molecule has 98 valence electrons. The predicted octanol–water partition coefficient (Wildman–Crippen LogP) is 2.84. The van der Waals surface area contributed by atoms with Crippen molar-refractivity contribution >= 4 is 17.2 Å². The number of aryl methyl sites for hydroxylation is 2. The number of rotatable bonds is 2. The first-order valence-corrected chi connectivity index (χ1v) is 5.86. The van der Waals surface area contributed by atoms with Crippen LogP contribution >= 0.6 is 0 Å². The van der Waals surface area contributed by atoms with E-state index in [1.807, 2.05) is 0 Å². The zero-order chi connectivity index (χ0) is 14.2. The molecule has 3 nitrogen and oxygen atoms in total. The first-order valence-electron chi connectivity index (χ1n) is 5.86. The van der Waals surface area contributed by atoms with Crippen LogP contribution in [0.25, 0.3) is 0 Å². The zero-order valence-corrected chi connectivity index (χ0v) is 10.8. The van der Waals surface area contributed by atoms with Gasteiger partial charge in [0.2, 0.25) is 0 Å². The molecule has 4 heteroatoms. The van der Waals surface area contributed by atoms with Gasteiger partial charge in [0.1, 0.15) is 5.82 Å². The topological polar surface area (TPSA) is 69.1 Å². The lowest BCUT2D eigenvalue weighted by molar-refractivity contribution is 0.103. The smallest absolute Gasteiger partial charge is 0.193 e. The molecular formula is C15H15FN2O. The summed E-state index contributed by atoms with van der Waals surface area (Å²) in [5.41, 5.74) is 13.9. The van der Waals surface area contributed by atoms with Crippen LogP contribution < -0.4 is 11.5 Å². The second-order valence-electron chi connectivity index (χ2n) is 4.64. The standard InChI is InChI=1S/C15H15FN2O/c1-8-3-10(4-9(2)14(8)16)15(19)11-5-12(17)7-13(18)6-11/h3-7H,17-18H2,1-2H3. The van der Waals surface area contributed by atoms with Crippen molar-refractivity contribution < 1.29 is 9.18 Å². The fourth-order valence-corrected chi connectivity index (χ4v) is 2.05. The molecule has 0 saturated heterocycles. The lowest BCUT2D eigenvalue weighted by Crippen LogP contribution is -2.05. The summed E-state index contributed by atoms with van der Waals surface area (Å²) in [6.45, 7) is 3.26. The van der Waals surface area contributed by atoms with Crippen LogP contribution in [-0.4, -0.2) is 5.78 Å². The Morgan fingerprint density at radius 3 is 1.79 bits per heavy atom. The molecule has 0 aromatic heterocycles. The van der Waals surface area contributed by atoms with Crippen LogP contribution in [0, 0.1) is 19.7 Å². The number of halogens is 1. The number of carbonyl (C=O) groups excluding carboxylic acids is 1. The minimum absolute atomic E-state index is 0.217. The quantitative estimate of drug-likeness (QED) is 0.643. The van der Waals surface area contributed by atoms with E-state index in [0.717, 1.165) is 0 Å². The second-order valence-corrected chi connectivity index (χ2v) is 4.64. The van der Waals surface area contributed by atoms with Gasteiger partial charge in [-0.15, -0.1) is 0 Å². The Balaban J connectivity index is 2.50. The summed E-state index contributed by atoms with van der Waals surface area (Å²) in [5.74, 6) is -0.506. The monoisotopic (exact) mass is 258 g/mol. The van der Waals surface area contributed by atoms with Gasteiger partial charge in [0.05, 0.1) is 0 Å². The van der Waals surface area contributed by atoms with Gasteiger partial charge in [0, 0.05) is 22.5 Å². The molecule has 0 aliphatic carbocycles. The van der Waals surface area contributed by atoms with Crippen molar-refractivity contribution in [3.05, 3.63) is 58.4 Å².